The van der Waals surface area contributed by atoms with Crippen molar-refractivity contribution in [2.75, 3.05) is 5.73 Å². The summed E-state index contributed by atoms with van der Waals surface area (Å²) in [5.41, 5.74) is 9.80. The van der Waals surface area contributed by atoms with Gasteiger partial charge < -0.3 is 5.73 Å². The number of nitrogen functional groups attached to an aromatic ring is 1. The molecule has 0 bridgehead atoms. The molecule has 126 valence electrons. The molecule has 0 spiro atoms. The van der Waals surface area contributed by atoms with Gasteiger partial charge in [0, 0.05) is 23.2 Å². The first-order chi connectivity index (χ1) is 12.7. The third kappa shape index (κ3) is 3.15. The molecule has 4 rings (SSSR count). The SMILES string of the molecule is N=C(Cc1ccc2ncccc2c1)[n+]1nc(-c2ccccc2)ccc1N. The summed E-state index contributed by atoms with van der Waals surface area (Å²) in [5.74, 6) is 0.764. The average Bonchev–Trinajstić information content (AvgIpc) is 2.69. The standard InChI is InChI=1S/C21H17N5/c22-20-11-10-19(16-5-2-1-3-6-16)25-26(20)21(23)14-15-8-9-18-17(13-15)7-4-12-24-18/h1-13,22-23H,14H2/p+1. The van der Waals surface area contributed by atoms with Crippen LogP contribution in [0, 0.1) is 5.41 Å². The summed E-state index contributed by atoms with van der Waals surface area (Å²) in [4.78, 5) is 4.33. The van der Waals surface area contributed by atoms with Crippen LogP contribution in [0.15, 0.2) is 79.0 Å². The Labute approximate surface area is 151 Å². The molecule has 3 N–H and O–H groups in total. The van der Waals surface area contributed by atoms with Gasteiger partial charge in [-0.3, -0.25) is 4.98 Å². The van der Waals surface area contributed by atoms with Crippen molar-refractivity contribution in [3.8, 4) is 11.3 Å². The molecule has 0 radical (unpaired) electrons. The minimum Gasteiger partial charge on any atom is -0.317 e. The molecule has 2 heterocycles. The highest BCUT2D eigenvalue weighted by Crippen LogP contribution is 2.16. The van der Waals surface area contributed by atoms with E-state index in [0.29, 0.717) is 18.1 Å². The largest absolute Gasteiger partial charge is 0.317 e. The summed E-state index contributed by atoms with van der Waals surface area (Å²) in [5, 5.41) is 14.1. The normalized spacial score (nSPS) is 10.8. The summed E-state index contributed by atoms with van der Waals surface area (Å²) in [6.07, 6.45) is 2.21. The fraction of sp³-hybridized carbons (Fsp3) is 0.0476. The number of nitrogens with one attached hydrogen (secondary N) is 1. The fourth-order valence-electron chi connectivity index (χ4n) is 2.92. The van der Waals surface area contributed by atoms with Crippen molar-refractivity contribution in [2.24, 2.45) is 0 Å². The summed E-state index contributed by atoms with van der Waals surface area (Å²) in [7, 11) is 0. The molecule has 2 aromatic heterocycles. The lowest BCUT2D eigenvalue weighted by Gasteiger charge is -2.07. The van der Waals surface area contributed by atoms with E-state index in [4.69, 9.17) is 11.1 Å². The fourth-order valence-corrected chi connectivity index (χ4v) is 2.92. The van der Waals surface area contributed by atoms with Gasteiger partial charge in [0.15, 0.2) is 0 Å². The Morgan fingerprint density at radius 2 is 1.81 bits per heavy atom. The number of nitrogens with two attached hydrogens (primary N) is 1. The molecule has 0 aliphatic carbocycles. The molecule has 0 saturated heterocycles. The molecular formula is C21H18N5+. The van der Waals surface area contributed by atoms with Crippen LogP contribution in [0.2, 0.25) is 0 Å². The first kappa shape index (κ1) is 15.9. The number of pyridine rings is 1. The summed E-state index contributed by atoms with van der Waals surface area (Å²) >= 11 is 0. The molecule has 0 saturated carbocycles. The molecule has 2 aromatic carbocycles. The Morgan fingerprint density at radius 1 is 0.962 bits per heavy atom. The highest BCUT2D eigenvalue weighted by atomic mass is 15.3. The predicted octanol–water partition coefficient (Wildman–Crippen LogP) is 3.23. The Bertz CT molecular complexity index is 1090. The smallest absolute Gasteiger partial charge is 0.258 e. The highest BCUT2D eigenvalue weighted by molar-refractivity contribution is 5.81. The van der Waals surface area contributed by atoms with Gasteiger partial charge in [0.25, 0.3) is 5.84 Å². The Balaban J connectivity index is 1.65. The average molecular weight is 340 g/mol. The van der Waals surface area contributed by atoms with Crippen molar-refractivity contribution in [3.63, 3.8) is 0 Å². The monoisotopic (exact) mass is 340 g/mol. The molecular weight excluding hydrogens is 322 g/mol. The van der Waals surface area contributed by atoms with E-state index >= 15 is 0 Å². The lowest BCUT2D eigenvalue weighted by Crippen LogP contribution is -2.49. The van der Waals surface area contributed by atoms with Crippen LogP contribution in [0.5, 0.6) is 0 Å². The van der Waals surface area contributed by atoms with E-state index in [1.165, 1.54) is 4.68 Å². The molecule has 0 aliphatic rings. The molecule has 26 heavy (non-hydrogen) atoms. The third-order valence-electron chi connectivity index (χ3n) is 4.23. The minimum absolute atomic E-state index is 0.323. The van der Waals surface area contributed by atoms with Crippen molar-refractivity contribution in [1.82, 2.24) is 10.1 Å². The molecule has 0 unspecified atom stereocenters. The second-order valence-electron chi connectivity index (χ2n) is 6.08. The van der Waals surface area contributed by atoms with Crippen molar-refractivity contribution < 1.29 is 4.68 Å². The van der Waals surface area contributed by atoms with Gasteiger partial charge in [-0.25, -0.2) is 0 Å². The number of aromatic nitrogens is 3. The van der Waals surface area contributed by atoms with Crippen LogP contribution in [0.4, 0.5) is 5.82 Å². The number of hydrogen-bond donors (Lipinski definition) is 2. The van der Waals surface area contributed by atoms with E-state index in [9.17, 15) is 0 Å². The first-order valence-corrected chi connectivity index (χ1v) is 8.36. The molecule has 0 aliphatic heterocycles. The van der Waals surface area contributed by atoms with Gasteiger partial charge in [0.05, 0.1) is 11.9 Å². The second-order valence-corrected chi connectivity index (χ2v) is 6.08. The molecule has 5 heteroatoms. The second kappa shape index (κ2) is 6.72. The molecule has 0 fully saturated rings. The van der Waals surface area contributed by atoms with E-state index < -0.39 is 0 Å². The van der Waals surface area contributed by atoms with Crippen molar-refractivity contribution in [3.05, 3.63) is 84.6 Å². The molecule has 4 aromatic rings. The number of fused-ring (bicyclic) bond motifs is 1. The van der Waals surface area contributed by atoms with Gasteiger partial charge in [-0.15, -0.1) is 9.78 Å². The number of hydrogen-bond acceptors (Lipinski definition) is 4. The van der Waals surface area contributed by atoms with Crippen LogP contribution in [0.25, 0.3) is 22.2 Å². The summed E-state index contributed by atoms with van der Waals surface area (Å²) < 4.78 is 1.50. The van der Waals surface area contributed by atoms with Crippen LogP contribution in [-0.2, 0) is 6.42 Å². The maximum atomic E-state index is 8.48. The van der Waals surface area contributed by atoms with Crippen molar-refractivity contribution in [2.45, 2.75) is 6.42 Å². The highest BCUT2D eigenvalue weighted by Gasteiger charge is 2.15. The van der Waals surface area contributed by atoms with E-state index in [1.807, 2.05) is 60.7 Å². The number of anilines is 1. The lowest BCUT2D eigenvalue weighted by atomic mass is 10.1. The predicted molar refractivity (Wildman–Crippen MR) is 103 cm³/mol. The number of nitrogens with zero attached hydrogens (tertiary/aromatic N) is 3. The quantitative estimate of drug-likeness (QED) is 0.341. The van der Waals surface area contributed by atoms with Crippen LogP contribution < -0.4 is 10.4 Å². The van der Waals surface area contributed by atoms with Gasteiger partial charge in [-0.2, -0.15) is 5.41 Å². The maximum absolute atomic E-state index is 8.48. The zero-order valence-electron chi connectivity index (χ0n) is 14.1. The Hall–Kier alpha value is -3.60. The Kier molecular flexibility index (Phi) is 4.11. The Morgan fingerprint density at radius 3 is 2.65 bits per heavy atom. The van der Waals surface area contributed by atoms with E-state index in [1.54, 1.807) is 12.3 Å². The number of rotatable bonds is 3. The van der Waals surface area contributed by atoms with E-state index in [0.717, 1.165) is 27.7 Å². The van der Waals surface area contributed by atoms with Crippen LogP contribution in [0.1, 0.15) is 5.56 Å². The van der Waals surface area contributed by atoms with Gasteiger partial charge in [-0.1, -0.05) is 42.5 Å². The molecule has 0 amide bonds. The van der Waals surface area contributed by atoms with E-state index in [2.05, 4.69) is 16.1 Å². The van der Waals surface area contributed by atoms with Gasteiger partial charge in [0.1, 0.15) is 5.69 Å². The van der Waals surface area contributed by atoms with Crippen LogP contribution >= 0.6 is 0 Å². The maximum Gasteiger partial charge on any atom is 0.258 e. The van der Waals surface area contributed by atoms with Gasteiger partial charge in [-0.05, 0) is 29.8 Å². The zero-order chi connectivity index (χ0) is 17.9. The number of benzene rings is 2. The van der Waals surface area contributed by atoms with Gasteiger partial charge in [0.2, 0.25) is 5.82 Å². The minimum atomic E-state index is 0.323. The third-order valence-corrected chi connectivity index (χ3v) is 4.23. The summed E-state index contributed by atoms with van der Waals surface area (Å²) in [6.45, 7) is 0. The first-order valence-electron chi connectivity index (χ1n) is 8.36. The zero-order valence-corrected chi connectivity index (χ0v) is 14.1. The van der Waals surface area contributed by atoms with Crippen molar-refractivity contribution >= 4 is 22.6 Å². The van der Waals surface area contributed by atoms with Gasteiger partial charge >= 0.3 is 0 Å². The van der Waals surface area contributed by atoms with Crippen LogP contribution in [0.3, 0.4) is 0 Å². The molecule has 5 nitrogen and oxygen atoms in total. The van der Waals surface area contributed by atoms with E-state index in [-0.39, 0.29) is 0 Å². The molecule has 0 atom stereocenters. The van der Waals surface area contributed by atoms with Crippen LogP contribution in [-0.4, -0.2) is 15.9 Å². The summed E-state index contributed by atoms with van der Waals surface area (Å²) in [6, 6.07) is 23.5. The topological polar surface area (TPSA) is 79.5 Å². The van der Waals surface area contributed by atoms with Crippen molar-refractivity contribution in [1.29, 1.82) is 5.41 Å². The lowest BCUT2D eigenvalue weighted by molar-refractivity contribution is -0.608.